The lowest BCUT2D eigenvalue weighted by Gasteiger charge is -2.28. The van der Waals surface area contributed by atoms with Crippen molar-refractivity contribution in [1.29, 1.82) is 0 Å². The summed E-state index contributed by atoms with van der Waals surface area (Å²) in [7, 11) is 0. The second-order valence-electron chi connectivity index (χ2n) is 4.05. The molecule has 0 fully saturated rings. The molecular formula is C11H20. The molecule has 0 aromatic rings. The van der Waals surface area contributed by atoms with Crippen molar-refractivity contribution >= 4 is 0 Å². The van der Waals surface area contributed by atoms with E-state index in [2.05, 4.69) is 26.0 Å². The molecule has 0 amide bonds. The maximum atomic E-state index is 2.44. The van der Waals surface area contributed by atoms with Gasteiger partial charge >= 0.3 is 0 Å². The van der Waals surface area contributed by atoms with Gasteiger partial charge in [0.25, 0.3) is 0 Å². The largest absolute Gasteiger partial charge is 0.0880 e. The second-order valence-corrected chi connectivity index (χ2v) is 4.05. The molecule has 0 aliphatic heterocycles. The Morgan fingerprint density at radius 2 is 2.27 bits per heavy atom. The van der Waals surface area contributed by atoms with Crippen molar-refractivity contribution in [3.05, 3.63) is 12.2 Å². The van der Waals surface area contributed by atoms with E-state index in [0.717, 1.165) is 0 Å². The average molecular weight is 152 g/mol. The van der Waals surface area contributed by atoms with Crippen LogP contribution in [-0.2, 0) is 0 Å². The van der Waals surface area contributed by atoms with Crippen LogP contribution in [-0.4, -0.2) is 0 Å². The molecule has 0 aromatic carbocycles. The third-order valence-corrected chi connectivity index (χ3v) is 2.74. The molecule has 0 bridgehead atoms. The van der Waals surface area contributed by atoms with Crippen molar-refractivity contribution in [1.82, 2.24) is 0 Å². The fourth-order valence-electron chi connectivity index (χ4n) is 1.86. The smallest absolute Gasteiger partial charge is 0.0146 e. The van der Waals surface area contributed by atoms with E-state index < -0.39 is 0 Å². The Hall–Kier alpha value is -0.260. The lowest BCUT2D eigenvalue weighted by Crippen LogP contribution is -2.15. The van der Waals surface area contributed by atoms with Crippen LogP contribution >= 0.6 is 0 Å². The van der Waals surface area contributed by atoms with Crippen LogP contribution in [0.5, 0.6) is 0 Å². The van der Waals surface area contributed by atoms with Crippen molar-refractivity contribution in [2.45, 2.75) is 52.4 Å². The summed E-state index contributed by atoms with van der Waals surface area (Å²) in [5, 5.41) is 0. The zero-order valence-corrected chi connectivity index (χ0v) is 7.90. The SMILES string of the molecule is CCCCC1(C)C=CCCC1. The van der Waals surface area contributed by atoms with Crippen LogP contribution < -0.4 is 0 Å². The summed E-state index contributed by atoms with van der Waals surface area (Å²) in [5.41, 5.74) is 0.550. The van der Waals surface area contributed by atoms with Gasteiger partial charge in [-0.1, -0.05) is 38.8 Å². The molecule has 1 aliphatic rings. The molecule has 1 rings (SSSR count). The number of hydrogen-bond donors (Lipinski definition) is 0. The first kappa shape index (κ1) is 8.83. The molecule has 1 aliphatic carbocycles. The Kier molecular flexibility index (Phi) is 3.16. The predicted octanol–water partition coefficient (Wildman–Crippen LogP) is 3.92. The van der Waals surface area contributed by atoms with Gasteiger partial charge in [-0.15, -0.1) is 0 Å². The number of unbranched alkanes of at least 4 members (excludes halogenated alkanes) is 1. The van der Waals surface area contributed by atoms with Gasteiger partial charge in [-0.25, -0.2) is 0 Å². The van der Waals surface area contributed by atoms with Crippen LogP contribution in [0, 0.1) is 5.41 Å². The van der Waals surface area contributed by atoms with Gasteiger partial charge in [0.2, 0.25) is 0 Å². The van der Waals surface area contributed by atoms with Gasteiger partial charge < -0.3 is 0 Å². The molecule has 11 heavy (non-hydrogen) atoms. The zero-order chi connectivity index (χ0) is 8.16. The molecule has 0 saturated carbocycles. The normalized spacial score (nSPS) is 30.7. The third-order valence-electron chi connectivity index (χ3n) is 2.74. The van der Waals surface area contributed by atoms with Gasteiger partial charge in [0, 0.05) is 0 Å². The standard InChI is InChI=1S/C11H20/c1-3-4-8-11(2)9-6-5-7-10-11/h6,9H,3-5,7-8,10H2,1-2H3. The molecule has 1 unspecified atom stereocenters. The fourth-order valence-corrected chi connectivity index (χ4v) is 1.86. The van der Waals surface area contributed by atoms with Crippen LogP contribution in [0.4, 0.5) is 0 Å². The van der Waals surface area contributed by atoms with Crippen molar-refractivity contribution in [2.24, 2.45) is 5.41 Å². The maximum absolute atomic E-state index is 2.44. The van der Waals surface area contributed by atoms with E-state index in [1.54, 1.807) is 0 Å². The van der Waals surface area contributed by atoms with E-state index in [4.69, 9.17) is 0 Å². The lowest BCUT2D eigenvalue weighted by molar-refractivity contribution is 0.327. The second kappa shape index (κ2) is 3.94. The Morgan fingerprint density at radius 1 is 1.45 bits per heavy atom. The Bertz CT molecular complexity index is 135. The highest BCUT2D eigenvalue weighted by Gasteiger charge is 2.21. The zero-order valence-electron chi connectivity index (χ0n) is 7.90. The molecule has 64 valence electrons. The first-order valence-electron chi connectivity index (χ1n) is 4.94. The number of hydrogen-bond acceptors (Lipinski definition) is 0. The van der Waals surface area contributed by atoms with Crippen molar-refractivity contribution < 1.29 is 0 Å². The molecule has 0 saturated heterocycles. The van der Waals surface area contributed by atoms with Crippen molar-refractivity contribution in [2.75, 3.05) is 0 Å². The molecule has 0 spiro atoms. The minimum absolute atomic E-state index is 0.550. The van der Waals surface area contributed by atoms with E-state index in [9.17, 15) is 0 Å². The minimum Gasteiger partial charge on any atom is -0.0880 e. The van der Waals surface area contributed by atoms with Gasteiger partial charge in [0.05, 0.1) is 0 Å². The Balaban J connectivity index is 2.37. The van der Waals surface area contributed by atoms with Crippen LogP contribution in [0.15, 0.2) is 12.2 Å². The predicted molar refractivity (Wildman–Crippen MR) is 50.6 cm³/mol. The van der Waals surface area contributed by atoms with Gasteiger partial charge in [-0.2, -0.15) is 0 Å². The molecule has 0 heterocycles. The summed E-state index contributed by atoms with van der Waals surface area (Å²) < 4.78 is 0. The molecule has 0 radical (unpaired) electrons. The highest BCUT2D eigenvalue weighted by atomic mass is 14.3. The summed E-state index contributed by atoms with van der Waals surface area (Å²) >= 11 is 0. The summed E-state index contributed by atoms with van der Waals surface area (Å²) in [6, 6.07) is 0. The summed E-state index contributed by atoms with van der Waals surface area (Å²) in [5.74, 6) is 0. The van der Waals surface area contributed by atoms with Crippen molar-refractivity contribution in [3.63, 3.8) is 0 Å². The summed E-state index contributed by atoms with van der Waals surface area (Å²) in [4.78, 5) is 0. The summed E-state index contributed by atoms with van der Waals surface area (Å²) in [6.45, 7) is 4.67. The molecule has 0 N–H and O–H groups in total. The van der Waals surface area contributed by atoms with Gasteiger partial charge in [-0.05, 0) is 31.1 Å². The van der Waals surface area contributed by atoms with Crippen LogP contribution in [0.2, 0.25) is 0 Å². The lowest BCUT2D eigenvalue weighted by atomic mass is 9.77. The third kappa shape index (κ3) is 2.69. The van der Waals surface area contributed by atoms with Gasteiger partial charge in [0.15, 0.2) is 0 Å². The van der Waals surface area contributed by atoms with E-state index in [1.807, 2.05) is 0 Å². The summed E-state index contributed by atoms with van der Waals surface area (Å²) in [6.07, 6.45) is 13.0. The quantitative estimate of drug-likeness (QED) is 0.538. The van der Waals surface area contributed by atoms with Gasteiger partial charge in [-0.3, -0.25) is 0 Å². The molecule has 0 nitrogen and oxygen atoms in total. The average Bonchev–Trinajstić information content (AvgIpc) is 2.03. The van der Waals surface area contributed by atoms with Crippen molar-refractivity contribution in [3.8, 4) is 0 Å². The number of allylic oxidation sites excluding steroid dienone is 2. The Labute approximate surface area is 70.7 Å². The molecule has 0 aromatic heterocycles. The fraction of sp³-hybridized carbons (Fsp3) is 0.818. The maximum Gasteiger partial charge on any atom is -0.0146 e. The Morgan fingerprint density at radius 3 is 2.82 bits per heavy atom. The van der Waals surface area contributed by atoms with E-state index in [1.165, 1.54) is 38.5 Å². The first-order valence-corrected chi connectivity index (χ1v) is 4.94. The van der Waals surface area contributed by atoms with E-state index in [-0.39, 0.29) is 0 Å². The van der Waals surface area contributed by atoms with E-state index >= 15 is 0 Å². The first-order chi connectivity index (χ1) is 5.27. The van der Waals surface area contributed by atoms with Crippen LogP contribution in [0.25, 0.3) is 0 Å². The highest BCUT2D eigenvalue weighted by molar-refractivity contribution is 5.00. The van der Waals surface area contributed by atoms with Crippen LogP contribution in [0.1, 0.15) is 52.4 Å². The highest BCUT2D eigenvalue weighted by Crippen LogP contribution is 2.35. The topological polar surface area (TPSA) is 0 Å². The van der Waals surface area contributed by atoms with E-state index in [0.29, 0.717) is 5.41 Å². The molecule has 1 atom stereocenters. The molecule has 0 heteroatoms. The number of rotatable bonds is 3. The molecular weight excluding hydrogens is 132 g/mol. The monoisotopic (exact) mass is 152 g/mol. The minimum atomic E-state index is 0.550. The van der Waals surface area contributed by atoms with Crippen LogP contribution in [0.3, 0.4) is 0 Å². The van der Waals surface area contributed by atoms with Gasteiger partial charge in [0.1, 0.15) is 0 Å².